The molecule has 10 nitrogen and oxygen atoms in total. The Morgan fingerprint density at radius 3 is 2.77 bits per heavy atom. The van der Waals surface area contributed by atoms with Gasteiger partial charge in [-0.05, 0) is 62.7 Å². The van der Waals surface area contributed by atoms with Crippen LogP contribution < -0.4 is 21.1 Å². The summed E-state index contributed by atoms with van der Waals surface area (Å²) in [6.07, 6.45) is 3.43. The molecule has 11 heteroatoms. The molecule has 0 bridgehead atoms. The van der Waals surface area contributed by atoms with E-state index in [2.05, 4.69) is 25.6 Å². The number of aromatic amines is 1. The predicted octanol–water partition coefficient (Wildman–Crippen LogP) is 3.19. The van der Waals surface area contributed by atoms with Gasteiger partial charge in [-0.3, -0.25) is 19.5 Å². The van der Waals surface area contributed by atoms with E-state index in [4.69, 9.17) is 22.1 Å². The lowest BCUT2D eigenvalue weighted by atomic mass is 10.1. The molecule has 2 amide bonds. The third-order valence-electron chi connectivity index (χ3n) is 5.92. The molecular formula is C24H24ClN7O3. The molecule has 3 heterocycles. The Morgan fingerprint density at radius 1 is 1.20 bits per heavy atom. The third kappa shape index (κ3) is 4.71. The van der Waals surface area contributed by atoms with Gasteiger partial charge < -0.3 is 20.8 Å². The first-order valence-corrected chi connectivity index (χ1v) is 11.6. The number of halogens is 1. The SMILES string of the molecule is Cc1ccc(Cl)cc1-n1cnc(C(N)=O)c1C(=O)Nc1nc2ccc(OC3CCNCC3)cc2[nH]1. The molecule has 35 heavy (non-hydrogen) atoms. The number of anilines is 1. The summed E-state index contributed by atoms with van der Waals surface area (Å²) in [7, 11) is 0. The highest BCUT2D eigenvalue weighted by Gasteiger charge is 2.25. The highest BCUT2D eigenvalue weighted by atomic mass is 35.5. The fourth-order valence-electron chi connectivity index (χ4n) is 4.16. The topological polar surface area (TPSA) is 140 Å². The molecule has 1 fully saturated rings. The minimum atomic E-state index is -0.821. The van der Waals surface area contributed by atoms with Crippen molar-refractivity contribution in [3.8, 4) is 11.4 Å². The average Bonchev–Trinajstić information content (AvgIpc) is 3.45. The van der Waals surface area contributed by atoms with Crippen LogP contribution in [0.5, 0.6) is 5.75 Å². The van der Waals surface area contributed by atoms with Gasteiger partial charge in [-0.1, -0.05) is 17.7 Å². The van der Waals surface area contributed by atoms with Crippen LogP contribution in [-0.2, 0) is 0 Å². The molecule has 2 aromatic carbocycles. The monoisotopic (exact) mass is 493 g/mol. The Balaban J connectivity index is 1.43. The number of amides is 2. The number of rotatable bonds is 6. The minimum Gasteiger partial charge on any atom is -0.490 e. The molecule has 0 radical (unpaired) electrons. The molecule has 2 aromatic heterocycles. The Labute approximate surface area is 205 Å². The van der Waals surface area contributed by atoms with Crippen LogP contribution in [0, 0.1) is 6.92 Å². The van der Waals surface area contributed by atoms with E-state index < -0.39 is 11.8 Å². The van der Waals surface area contributed by atoms with Gasteiger partial charge in [-0.15, -0.1) is 0 Å². The number of carbonyl (C=O) groups excluding carboxylic acids is 2. The van der Waals surface area contributed by atoms with Gasteiger partial charge in [0.05, 0.1) is 16.7 Å². The summed E-state index contributed by atoms with van der Waals surface area (Å²) in [4.78, 5) is 36.9. The Bertz CT molecular complexity index is 1420. The lowest BCUT2D eigenvalue weighted by Crippen LogP contribution is -2.34. The summed E-state index contributed by atoms with van der Waals surface area (Å²) < 4.78 is 7.58. The van der Waals surface area contributed by atoms with Gasteiger partial charge >= 0.3 is 0 Å². The van der Waals surface area contributed by atoms with Crippen molar-refractivity contribution in [2.45, 2.75) is 25.9 Å². The van der Waals surface area contributed by atoms with Crippen molar-refractivity contribution < 1.29 is 14.3 Å². The van der Waals surface area contributed by atoms with Crippen molar-refractivity contribution in [1.82, 2.24) is 24.8 Å². The van der Waals surface area contributed by atoms with Crippen molar-refractivity contribution in [2.24, 2.45) is 5.73 Å². The first-order valence-electron chi connectivity index (χ1n) is 11.2. The molecule has 0 spiro atoms. The molecule has 1 saturated heterocycles. The summed E-state index contributed by atoms with van der Waals surface area (Å²) in [6, 6.07) is 10.8. The molecule has 0 unspecified atom stereocenters. The normalized spacial score (nSPS) is 14.2. The fraction of sp³-hybridized carbons (Fsp3) is 0.250. The van der Waals surface area contributed by atoms with Crippen LogP contribution in [0.3, 0.4) is 0 Å². The zero-order valence-electron chi connectivity index (χ0n) is 19.0. The number of piperidine rings is 1. The Hall–Kier alpha value is -3.89. The summed E-state index contributed by atoms with van der Waals surface area (Å²) in [5.74, 6) is -0.467. The zero-order chi connectivity index (χ0) is 24.5. The van der Waals surface area contributed by atoms with Crippen LogP contribution >= 0.6 is 11.6 Å². The standard InChI is InChI=1S/C24H24ClN7O3/c1-13-2-3-14(25)10-19(13)32-12-28-20(22(26)33)21(32)23(34)31-24-29-17-5-4-16(11-18(17)30-24)35-15-6-8-27-9-7-15/h2-5,10-12,15,27H,6-9H2,1H3,(H2,26,33)(H2,29,30,31,34). The quantitative estimate of drug-likeness (QED) is 0.325. The van der Waals surface area contributed by atoms with Crippen molar-refractivity contribution >= 4 is 40.4 Å². The number of hydrogen-bond acceptors (Lipinski definition) is 6. The molecule has 0 atom stereocenters. The van der Waals surface area contributed by atoms with Crippen molar-refractivity contribution in [1.29, 1.82) is 0 Å². The molecule has 0 aliphatic carbocycles. The number of nitrogens with zero attached hydrogens (tertiary/aromatic N) is 3. The van der Waals surface area contributed by atoms with Gasteiger partial charge in [0.15, 0.2) is 5.69 Å². The smallest absolute Gasteiger partial charge is 0.277 e. The largest absolute Gasteiger partial charge is 0.490 e. The lowest BCUT2D eigenvalue weighted by Gasteiger charge is -2.23. The first-order chi connectivity index (χ1) is 16.9. The van der Waals surface area contributed by atoms with E-state index >= 15 is 0 Å². The van der Waals surface area contributed by atoms with Gasteiger partial charge in [0.25, 0.3) is 11.8 Å². The maximum atomic E-state index is 13.3. The Kier molecular flexibility index (Phi) is 6.14. The number of aromatic nitrogens is 4. The molecular weight excluding hydrogens is 470 g/mol. The number of benzene rings is 2. The molecule has 1 aliphatic rings. The van der Waals surface area contributed by atoms with E-state index in [0.717, 1.165) is 37.2 Å². The molecule has 1 aliphatic heterocycles. The van der Waals surface area contributed by atoms with E-state index in [-0.39, 0.29) is 23.4 Å². The maximum Gasteiger partial charge on any atom is 0.277 e. The molecule has 0 saturated carbocycles. The van der Waals surface area contributed by atoms with Crippen LogP contribution in [0.1, 0.15) is 39.4 Å². The second kappa shape index (κ2) is 9.40. The lowest BCUT2D eigenvalue weighted by molar-refractivity contribution is 0.0970. The van der Waals surface area contributed by atoms with Crippen LogP contribution in [0.15, 0.2) is 42.7 Å². The van der Waals surface area contributed by atoms with Crippen LogP contribution in [0.25, 0.3) is 16.7 Å². The minimum absolute atomic E-state index is 0.0155. The highest BCUT2D eigenvalue weighted by molar-refractivity contribution is 6.30. The van der Waals surface area contributed by atoms with Crippen LogP contribution in [-0.4, -0.2) is 50.5 Å². The number of ether oxygens (including phenoxy) is 1. The summed E-state index contributed by atoms with van der Waals surface area (Å²) in [5, 5.41) is 6.51. The molecule has 4 aromatic rings. The van der Waals surface area contributed by atoms with Crippen LogP contribution in [0.4, 0.5) is 5.95 Å². The number of nitrogens with one attached hydrogen (secondary N) is 3. The number of nitrogens with two attached hydrogens (primary N) is 1. The third-order valence-corrected chi connectivity index (χ3v) is 6.16. The van der Waals surface area contributed by atoms with Crippen molar-refractivity contribution in [2.75, 3.05) is 18.4 Å². The number of aryl methyl sites for hydroxylation is 1. The second-order valence-electron chi connectivity index (χ2n) is 8.39. The summed E-state index contributed by atoms with van der Waals surface area (Å²) >= 11 is 6.16. The maximum absolute atomic E-state index is 13.3. The number of primary amides is 1. The van der Waals surface area contributed by atoms with Crippen LogP contribution in [0.2, 0.25) is 5.02 Å². The van der Waals surface area contributed by atoms with Crippen molar-refractivity contribution in [3.63, 3.8) is 0 Å². The number of fused-ring (bicyclic) bond motifs is 1. The van der Waals surface area contributed by atoms with Gasteiger partial charge in [0.2, 0.25) is 5.95 Å². The second-order valence-corrected chi connectivity index (χ2v) is 8.83. The summed E-state index contributed by atoms with van der Waals surface area (Å²) in [5.41, 5.74) is 8.13. The van der Waals surface area contributed by atoms with E-state index in [1.165, 1.54) is 10.9 Å². The van der Waals surface area contributed by atoms with E-state index in [1.807, 2.05) is 31.2 Å². The number of imidazole rings is 2. The fourth-order valence-corrected chi connectivity index (χ4v) is 4.33. The van der Waals surface area contributed by atoms with E-state index in [9.17, 15) is 9.59 Å². The first kappa shape index (κ1) is 22.9. The highest BCUT2D eigenvalue weighted by Crippen LogP contribution is 2.25. The molecule has 5 rings (SSSR count). The van der Waals surface area contributed by atoms with E-state index in [1.54, 1.807) is 12.1 Å². The average molecular weight is 494 g/mol. The predicted molar refractivity (Wildman–Crippen MR) is 132 cm³/mol. The molecule has 5 N–H and O–H groups in total. The van der Waals surface area contributed by atoms with Gasteiger partial charge in [-0.2, -0.15) is 0 Å². The van der Waals surface area contributed by atoms with Crippen molar-refractivity contribution in [3.05, 3.63) is 64.7 Å². The van der Waals surface area contributed by atoms with E-state index in [0.29, 0.717) is 21.7 Å². The molecule has 180 valence electrons. The van der Waals surface area contributed by atoms with Gasteiger partial charge in [0, 0.05) is 11.1 Å². The Morgan fingerprint density at radius 2 is 2.00 bits per heavy atom. The zero-order valence-corrected chi connectivity index (χ0v) is 19.7. The van der Waals surface area contributed by atoms with Gasteiger partial charge in [-0.25, -0.2) is 9.97 Å². The number of hydrogen-bond donors (Lipinski definition) is 4. The number of carbonyl (C=O) groups is 2. The number of H-pyrrole nitrogens is 1. The van der Waals surface area contributed by atoms with Gasteiger partial charge in [0.1, 0.15) is 23.9 Å². The summed E-state index contributed by atoms with van der Waals surface area (Å²) in [6.45, 7) is 3.73.